The predicted molar refractivity (Wildman–Crippen MR) is 152 cm³/mol. The van der Waals surface area contributed by atoms with E-state index in [4.69, 9.17) is 20.2 Å². The molecule has 0 radical (unpaired) electrons. The molecule has 0 bridgehead atoms. The van der Waals surface area contributed by atoms with Crippen molar-refractivity contribution < 1.29 is 21.6 Å². The van der Waals surface area contributed by atoms with Gasteiger partial charge in [-0.2, -0.15) is 0 Å². The van der Waals surface area contributed by atoms with Crippen molar-refractivity contribution in [1.29, 1.82) is 0 Å². The first-order valence-corrected chi connectivity index (χ1v) is 20.0. The van der Waals surface area contributed by atoms with Crippen LogP contribution >= 0.6 is 27.8 Å². The van der Waals surface area contributed by atoms with Crippen LogP contribution in [0.15, 0.2) is 0 Å². The molecule has 1 rings (SSSR count). The third-order valence-electron chi connectivity index (χ3n) is 6.20. The number of unbranched alkanes of at least 4 members (excludes halogenated alkanes) is 15. The largest absolute Gasteiger partial charge is 0.313 e. The van der Waals surface area contributed by atoms with E-state index in [9.17, 15) is 13.2 Å². The lowest BCUT2D eigenvalue weighted by Crippen LogP contribution is -2.32. The van der Waals surface area contributed by atoms with Gasteiger partial charge in [0, 0.05) is 29.9 Å². The summed E-state index contributed by atoms with van der Waals surface area (Å²) in [6.07, 6.45) is 20.1. The van der Waals surface area contributed by atoms with E-state index in [1.54, 1.807) is 0 Å². The number of rotatable bonds is 22. The molecule has 6 nitrogen and oxygen atoms in total. The van der Waals surface area contributed by atoms with Gasteiger partial charge >= 0.3 is 0 Å². The van der Waals surface area contributed by atoms with E-state index in [2.05, 4.69) is 6.92 Å². The highest BCUT2D eigenvalue weighted by molar-refractivity contribution is 8.99. The Bertz CT molecular complexity index is 697. The van der Waals surface area contributed by atoms with Crippen molar-refractivity contribution in [2.24, 2.45) is 0 Å². The molecule has 0 aromatic rings. The van der Waals surface area contributed by atoms with Gasteiger partial charge in [0.15, 0.2) is 0 Å². The van der Waals surface area contributed by atoms with Gasteiger partial charge in [-0.1, -0.05) is 115 Å². The van der Waals surface area contributed by atoms with E-state index < -0.39 is 19.5 Å². The zero-order valence-corrected chi connectivity index (χ0v) is 25.5. The first kappa shape index (κ1) is 32.7. The third-order valence-corrected chi connectivity index (χ3v) is 19.2. The zero-order chi connectivity index (χ0) is 25.3. The van der Waals surface area contributed by atoms with Crippen LogP contribution in [0, 0.1) is 0 Å². The lowest BCUT2D eigenvalue weighted by atomic mass is 10.0. The van der Waals surface area contributed by atoms with E-state index >= 15 is 0 Å². The van der Waals surface area contributed by atoms with E-state index in [0.717, 1.165) is 40.5 Å². The number of sulfonamides is 1. The van der Waals surface area contributed by atoms with Gasteiger partial charge in [-0.3, -0.25) is 4.79 Å². The van der Waals surface area contributed by atoms with Crippen molar-refractivity contribution in [3.63, 3.8) is 0 Å². The highest BCUT2D eigenvalue weighted by Gasteiger charge is 2.52. The summed E-state index contributed by atoms with van der Waals surface area (Å²) in [7, 11) is -0.857. The Morgan fingerprint density at radius 1 is 0.824 bits per heavy atom. The first-order chi connectivity index (χ1) is 16.3. The summed E-state index contributed by atoms with van der Waals surface area (Å²) < 4.78 is 34.6. The second-order valence-electron chi connectivity index (χ2n) is 9.00. The minimum absolute atomic E-state index is 0.0782. The number of nitrogens with zero attached hydrogens (tertiary/aromatic N) is 1. The molecule has 1 unspecified atom stereocenters. The predicted octanol–water partition coefficient (Wildman–Crippen LogP) is 8.03. The molecule has 34 heavy (non-hydrogen) atoms. The molecule has 1 aliphatic rings. The van der Waals surface area contributed by atoms with Crippen molar-refractivity contribution in [3.05, 3.63) is 0 Å². The molecular formula is C23H46NO5PS4. The van der Waals surface area contributed by atoms with Crippen LogP contribution in [0.25, 0.3) is 0 Å². The van der Waals surface area contributed by atoms with E-state index in [1.165, 1.54) is 97.7 Å². The number of carbonyl (C=O) groups is 1. The topological polar surface area (TPSA) is 72.9 Å². The average Bonchev–Trinajstić information content (AvgIpc) is 3.02. The molecule has 1 atom stereocenters. The van der Waals surface area contributed by atoms with Crippen LogP contribution in [0.4, 0.5) is 0 Å². The smallest absolute Gasteiger partial charge is 0.247 e. The summed E-state index contributed by atoms with van der Waals surface area (Å²) >= 11 is 7.52. The maximum atomic E-state index is 13.0. The van der Waals surface area contributed by atoms with Gasteiger partial charge in [0.1, 0.15) is 9.43 Å². The molecular weight excluding hydrogens is 529 g/mol. The van der Waals surface area contributed by atoms with Gasteiger partial charge in [-0.25, -0.2) is 12.7 Å². The lowest BCUT2D eigenvalue weighted by molar-refractivity contribution is -0.125. The second kappa shape index (κ2) is 18.9. The standard InChI is InChI=1S/C23H46NO5PS4/c1-4-5-6-7-8-9-10-11-12-13-14-15-16-17-18-19-20-24-22(25)21-23(34(24,26)27)30(31,32-28-2)33-29-3/h23H,4-21H2,1-3H3. The van der Waals surface area contributed by atoms with Gasteiger partial charge in [0.05, 0.1) is 20.6 Å². The summed E-state index contributed by atoms with van der Waals surface area (Å²) in [4.78, 5) is 11.5. The van der Waals surface area contributed by atoms with Gasteiger partial charge in [-0.05, 0) is 6.42 Å². The highest BCUT2D eigenvalue weighted by atomic mass is 33.2. The van der Waals surface area contributed by atoms with E-state index in [0.29, 0.717) is 6.42 Å². The summed E-state index contributed by atoms with van der Waals surface area (Å²) in [6, 6.07) is 0. The maximum Gasteiger partial charge on any atom is 0.247 e. The molecule has 11 heteroatoms. The van der Waals surface area contributed by atoms with Crippen molar-refractivity contribution in [2.75, 3.05) is 20.8 Å². The van der Waals surface area contributed by atoms with Crippen LogP contribution in [-0.2, 0) is 35.0 Å². The van der Waals surface area contributed by atoms with Crippen LogP contribution in [0.3, 0.4) is 0 Å². The summed E-state index contributed by atoms with van der Waals surface area (Å²) in [5, 5.41) is 0. The first-order valence-electron chi connectivity index (χ1n) is 12.9. The van der Waals surface area contributed by atoms with Crippen molar-refractivity contribution >= 4 is 55.5 Å². The summed E-state index contributed by atoms with van der Waals surface area (Å²) in [6.45, 7) is 2.51. The molecule has 0 aromatic heterocycles. The second-order valence-corrected chi connectivity index (χ2v) is 22.2. The molecule has 202 valence electrons. The Kier molecular flexibility index (Phi) is 18.2. The van der Waals surface area contributed by atoms with Crippen molar-refractivity contribution in [3.8, 4) is 0 Å². The van der Waals surface area contributed by atoms with Crippen LogP contribution in [0.1, 0.15) is 116 Å². The lowest BCUT2D eigenvalue weighted by Gasteiger charge is -2.23. The molecule has 1 heterocycles. The monoisotopic (exact) mass is 575 g/mol. The normalized spacial score (nSPS) is 18.1. The Balaban J connectivity index is 2.15. The number of amides is 1. The molecule has 1 fully saturated rings. The van der Waals surface area contributed by atoms with Crippen LogP contribution < -0.4 is 0 Å². The molecule has 1 amide bonds. The third kappa shape index (κ3) is 11.8. The summed E-state index contributed by atoms with van der Waals surface area (Å²) in [5.74, 6) is -0.353. The van der Waals surface area contributed by atoms with Gasteiger partial charge in [-0.15, -0.1) is 0 Å². The quantitative estimate of drug-likeness (QED) is 0.0730. The Morgan fingerprint density at radius 3 is 1.59 bits per heavy atom. The Labute approximate surface area is 222 Å². The average molecular weight is 576 g/mol. The number of hydrogen-bond donors (Lipinski definition) is 0. The number of hydrogen-bond acceptors (Lipinski definition) is 8. The minimum atomic E-state index is -3.77. The maximum absolute atomic E-state index is 13.0. The van der Waals surface area contributed by atoms with E-state index in [1.807, 2.05) is 0 Å². The zero-order valence-electron chi connectivity index (χ0n) is 21.4. The fourth-order valence-corrected chi connectivity index (χ4v) is 16.9. The molecule has 1 saturated heterocycles. The van der Waals surface area contributed by atoms with Crippen LogP contribution in [0.5, 0.6) is 0 Å². The molecule has 0 aliphatic carbocycles. The van der Waals surface area contributed by atoms with Crippen LogP contribution in [-0.4, -0.2) is 44.4 Å². The Hall–Kier alpha value is 0.690. The van der Waals surface area contributed by atoms with Gasteiger partial charge < -0.3 is 8.37 Å². The van der Waals surface area contributed by atoms with Crippen LogP contribution in [0.2, 0.25) is 0 Å². The number of carbonyl (C=O) groups excluding carboxylic acids is 1. The molecule has 0 saturated carbocycles. The van der Waals surface area contributed by atoms with Gasteiger partial charge in [0.25, 0.3) is 0 Å². The molecule has 0 N–H and O–H groups in total. The Morgan fingerprint density at radius 2 is 1.21 bits per heavy atom. The SMILES string of the molecule is CCCCCCCCCCCCCCCCCCN1C(=O)CC(P(=S)(SOC)SOC)S1(=O)=O. The molecule has 0 spiro atoms. The minimum Gasteiger partial charge on any atom is -0.313 e. The van der Waals surface area contributed by atoms with E-state index in [-0.39, 0.29) is 18.9 Å². The van der Waals surface area contributed by atoms with Crippen molar-refractivity contribution in [2.45, 2.75) is 121 Å². The fourth-order valence-electron chi connectivity index (χ4n) is 4.29. The molecule has 1 aliphatic heterocycles. The molecule has 0 aromatic carbocycles. The summed E-state index contributed by atoms with van der Waals surface area (Å²) in [5.41, 5.74) is 0. The van der Waals surface area contributed by atoms with Crippen molar-refractivity contribution in [1.82, 2.24) is 4.31 Å². The van der Waals surface area contributed by atoms with Gasteiger partial charge in [0.2, 0.25) is 15.9 Å². The highest BCUT2D eigenvalue weighted by Crippen LogP contribution is 2.75. The fraction of sp³-hybridized carbons (Fsp3) is 0.957.